The number of benzene rings is 1. The highest BCUT2D eigenvalue weighted by Gasteiger charge is 2.15. The Morgan fingerprint density at radius 2 is 2.00 bits per heavy atom. The van der Waals surface area contributed by atoms with Crippen LogP contribution in [0.25, 0.3) is 0 Å². The molecule has 0 spiro atoms. The molecule has 0 aliphatic heterocycles. The second-order valence-electron chi connectivity index (χ2n) is 3.87. The van der Waals surface area contributed by atoms with E-state index in [0.29, 0.717) is 5.56 Å². The Labute approximate surface area is 111 Å². The van der Waals surface area contributed by atoms with Crippen LogP contribution in [0.5, 0.6) is 0 Å². The lowest BCUT2D eigenvalue weighted by Gasteiger charge is -2.12. The third-order valence-electron chi connectivity index (χ3n) is 2.20. The summed E-state index contributed by atoms with van der Waals surface area (Å²) in [4.78, 5) is 22.1. The zero-order chi connectivity index (χ0) is 14.3. The van der Waals surface area contributed by atoms with Gasteiger partial charge >= 0.3 is 6.09 Å². The number of hydrogen-bond acceptors (Lipinski definition) is 5. The topological polar surface area (TPSA) is 89.5 Å². The predicted molar refractivity (Wildman–Crippen MR) is 69.1 cm³/mol. The van der Waals surface area contributed by atoms with Crippen molar-refractivity contribution in [2.75, 3.05) is 18.6 Å². The third-order valence-corrected chi connectivity index (χ3v) is 3.11. The van der Waals surface area contributed by atoms with Crippen LogP contribution >= 0.6 is 0 Å². The van der Waals surface area contributed by atoms with Gasteiger partial charge < -0.3 is 10.1 Å². The molecule has 1 N–H and O–H groups in total. The molecule has 6 nitrogen and oxygen atoms in total. The standard InChI is InChI=1S/C12H14NO5S/c1-19(16,17)8-7-18-12(15)13-11(9-14)10-5-3-2-4-6-10/h2-6,11H,7-8H2,1H3,(H,13,15). The van der Waals surface area contributed by atoms with E-state index in [0.717, 1.165) is 6.26 Å². The first-order chi connectivity index (χ1) is 8.92. The summed E-state index contributed by atoms with van der Waals surface area (Å²) in [7, 11) is -3.19. The number of carbonyl (C=O) groups is 1. The lowest BCUT2D eigenvalue weighted by atomic mass is 10.1. The van der Waals surface area contributed by atoms with E-state index in [2.05, 4.69) is 10.1 Å². The maximum atomic E-state index is 11.4. The van der Waals surface area contributed by atoms with Gasteiger partial charge in [-0.25, -0.2) is 13.2 Å². The Kier molecular flexibility index (Phi) is 5.50. The van der Waals surface area contributed by atoms with Gasteiger partial charge in [-0.15, -0.1) is 0 Å². The number of alkyl carbamates (subject to hydrolysis) is 1. The van der Waals surface area contributed by atoms with Crippen LogP contribution in [0.15, 0.2) is 30.3 Å². The van der Waals surface area contributed by atoms with Crippen molar-refractivity contribution in [3.63, 3.8) is 0 Å². The lowest BCUT2D eigenvalue weighted by Crippen LogP contribution is -2.31. The van der Waals surface area contributed by atoms with E-state index in [4.69, 9.17) is 0 Å². The minimum absolute atomic E-state index is 0.259. The van der Waals surface area contributed by atoms with Crippen LogP contribution in [-0.2, 0) is 19.4 Å². The summed E-state index contributed by atoms with van der Waals surface area (Å²) in [6.07, 6.45) is 1.86. The first-order valence-electron chi connectivity index (χ1n) is 5.46. The molecule has 19 heavy (non-hydrogen) atoms. The van der Waals surface area contributed by atoms with Crippen molar-refractivity contribution >= 4 is 22.2 Å². The number of hydrogen-bond donors (Lipinski definition) is 1. The summed E-state index contributed by atoms with van der Waals surface area (Å²) in [5.41, 5.74) is 0.567. The number of ether oxygens (including phenoxy) is 1. The molecule has 1 atom stereocenters. The maximum Gasteiger partial charge on any atom is 0.408 e. The Balaban J connectivity index is 2.48. The van der Waals surface area contributed by atoms with Gasteiger partial charge in [-0.05, 0) is 5.56 Å². The highest BCUT2D eigenvalue weighted by molar-refractivity contribution is 7.90. The van der Waals surface area contributed by atoms with Gasteiger partial charge in [0.1, 0.15) is 12.6 Å². The monoisotopic (exact) mass is 284 g/mol. The van der Waals surface area contributed by atoms with Crippen LogP contribution in [0.3, 0.4) is 0 Å². The van der Waals surface area contributed by atoms with E-state index in [1.54, 1.807) is 36.6 Å². The third kappa shape index (κ3) is 6.01. The van der Waals surface area contributed by atoms with E-state index >= 15 is 0 Å². The Morgan fingerprint density at radius 3 is 2.53 bits per heavy atom. The number of nitrogens with one attached hydrogen (secondary N) is 1. The molecule has 0 aliphatic rings. The van der Waals surface area contributed by atoms with Gasteiger partial charge in [0.2, 0.25) is 6.29 Å². The van der Waals surface area contributed by atoms with Gasteiger partial charge in [0.25, 0.3) is 0 Å². The second-order valence-corrected chi connectivity index (χ2v) is 6.13. The molecule has 0 aromatic heterocycles. The highest BCUT2D eigenvalue weighted by Crippen LogP contribution is 2.09. The molecule has 1 unspecified atom stereocenters. The van der Waals surface area contributed by atoms with E-state index < -0.39 is 22.0 Å². The predicted octanol–water partition coefficient (Wildman–Crippen LogP) is 0.608. The molecule has 1 aromatic rings. The molecule has 0 bridgehead atoms. The van der Waals surface area contributed by atoms with Gasteiger partial charge in [-0.1, -0.05) is 30.3 Å². The fourth-order valence-electron chi connectivity index (χ4n) is 1.27. The number of rotatable bonds is 6. The van der Waals surface area contributed by atoms with E-state index in [9.17, 15) is 18.0 Å². The van der Waals surface area contributed by atoms with Crippen LogP contribution in [-0.4, -0.2) is 39.4 Å². The summed E-state index contributed by atoms with van der Waals surface area (Å²) >= 11 is 0. The number of carbonyl (C=O) groups excluding carboxylic acids is 2. The molecule has 0 saturated carbocycles. The van der Waals surface area contributed by atoms with Crippen LogP contribution in [0.1, 0.15) is 11.6 Å². The number of sulfone groups is 1. The fraction of sp³-hybridized carbons (Fsp3) is 0.333. The van der Waals surface area contributed by atoms with Gasteiger partial charge in [0.15, 0.2) is 9.84 Å². The average molecular weight is 284 g/mol. The summed E-state index contributed by atoms with van der Waals surface area (Å²) in [5, 5.41) is 2.29. The van der Waals surface area contributed by atoms with Gasteiger partial charge in [0.05, 0.1) is 5.75 Å². The van der Waals surface area contributed by atoms with Gasteiger partial charge in [-0.2, -0.15) is 0 Å². The van der Waals surface area contributed by atoms with Crippen LogP contribution in [0.2, 0.25) is 0 Å². The van der Waals surface area contributed by atoms with Crippen LogP contribution in [0, 0.1) is 0 Å². The molecule has 7 heteroatoms. The molecule has 0 heterocycles. The van der Waals surface area contributed by atoms with Crippen molar-refractivity contribution in [1.82, 2.24) is 5.32 Å². The van der Waals surface area contributed by atoms with Crippen LogP contribution < -0.4 is 5.32 Å². The summed E-state index contributed by atoms with van der Waals surface area (Å²) in [6, 6.07) is 7.59. The summed E-state index contributed by atoms with van der Waals surface area (Å²) in [6.45, 7) is -0.259. The van der Waals surface area contributed by atoms with Crippen molar-refractivity contribution in [2.24, 2.45) is 0 Å². The quantitative estimate of drug-likeness (QED) is 0.826. The molecule has 1 amide bonds. The molecule has 1 aromatic carbocycles. The normalized spacial score (nSPS) is 12.5. The number of amides is 1. The van der Waals surface area contributed by atoms with Crippen molar-refractivity contribution in [1.29, 1.82) is 0 Å². The minimum atomic E-state index is -3.19. The van der Waals surface area contributed by atoms with Crippen molar-refractivity contribution in [2.45, 2.75) is 6.04 Å². The highest BCUT2D eigenvalue weighted by atomic mass is 32.2. The molecule has 1 rings (SSSR count). The molecule has 0 aliphatic carbocycles. The van der Waals surface area contributed by atoms with Gasteiger partial charge in [-0.3, -0.25) is 4.79 Å². The second kappa shape index (κ2) is 6.89. The summed E-state index contributed by atoms with van der Waals surface area (Å²) < 4.78 is 26.3. The lowest BCUT2D eigenvalue weighted by molar-refractivity contribution is 0.151. The van der Waals surface area contributed by atoms with Crippen molar-refractivity contribution in [3.8, 4) is 0 Å². The van der Waals surface area contributed by atoms with E-state index in [1.807, 2.05) is 0 Å². The SMILES string of the molecule is CS(=O)(=O)CCOC(=O)NC([C]=O)c1ccccc1. The maximum absolute atomic E-state index is 11.4. The van der Waals surface area contributed by atoms with Crippen molar-refractivity contribution in [3.05, 3.63) is 35.9 Å². The Morgan fingerprint density at radius 1 is 1.37 bits per heavy atom. The molecule has 103 valence electrons. The van der Waals surface area contributed by atoms with Crippen molar-refractivity contribution < 1.29 is 22.7 Å². The van der Waals surface area contributed by atoms with E-state index in [1.165, 1.54) is 0 Å². The molecular weight excluding hydrogens is 270 g/mol. The Hall–Kier alpha value is -1.89. The van der Waals surface area contributed by atoms with Gasteiger partial charge in [0, 0.05) is 6.26 Å². The molecule has 0 fully saturated rings. The Bertz CT molecular complexity index is 526. The zero-order valence-electron chi connectivity index (χ0n) is 10.3. The minimum Gasteiger partial charge on any atom is -0.448 e. The fourth-order valence-corrected chi connectivity index (χ4v) is 1.66. The first-order valence-corrected chi connectivity index (χ1v) is 7.52. The molecule has 1 radical (unpaired) electrons. The molecular formula is C12H14NO5S. The molecule has 0 saturated heterocycles. The van der Waals surface area contributed by atoms with E-state index in [-0.39, 0.29) is 12.4 Å². The first kappa shape index (κ1) is 15.2. The zero-order valence-corrected chi connectivity index (χ0v) is 11.1. The average Bonchev–Trinajstić information content (AvgIpc) is 2.35. The summed E-state index contributed by atoms with van der Waals surface area (Å²) in [5.74, 6) is -0.263. The largest absolute Gasteiger partial charge is 0.448 e. The van der Waals surface area contributed by atoms with Crippen LogP contribution in [0.4, 0.5) is 4.79 Å². The smallest absolute Gasteiger partial charge is 0.408 e.